The number of benzene rings is 1. The number of anilines is 1. The van der Waals surface area contributed by atoms with Crippen molar-refractivity contribution in [2.75, 3.05) is 38.6 Å². The molecular formula is C23H29ClN6O. The Labute approximate surface area is 188 Å². The van der Waals surface area contributed by atoms with Crippen molar-refractivity contribution in [3.05, 3.63) is 41.2 Å². The molecule has 1 atom stereocenters. The molecule has 164 valence electrons. The average molecular weight is 441 g/mol. The van der Waals surface area contributed by atoms with Crippen LogP contribution in [0.1, 0.15) is 44.3 Å². The Bertz CT molecular complexity index is 992. The van der Waals surface area contributed by atoms with Crippen molar-refractivity contribution in [1.29, 1.82) is 0 Å². The van der Waals surface area contributed by atoms with Gasteiger partial charge in [-0.05, 0) is 37.5 Å². The molecule has 0 saturated carbocycles. The van der Waals surface area contributed by atoms with Gasteiger partial charge in [0.25, 0.3) is 0 Å². The molecule has 31 heavy (non-hydrogen) atoms. The van der Waals surface area contributed by atoms with E-state index in [0.717, 1.165) is 54.9 Å². The first kappa shape index (κ1) is 21.6. The van der Waals surface area contributed by atoms with Crippen molar-refractivity contribution in [2.24, 2.45) is 5.10 Å². The summed E-state index contributed by atoms with van der Waals surface area (Å²) in [6.07, 6.45) is 5.16. The van der Waals surface area contributed by atoms with Gasteiger partial charge in [-0.2, -0.15) is 5.10 Å². The van der Waals surface area contributed by atoms with E-state index in [4.69, 9.17) is 16.6 Å². The van der Waals surface area contributed by atoms with Crippen molar-refractivity contribution in [3.63, 3.8) is 0 Å². The summed E-state index contributed by atoms with van der Waals surface area (Å²) in [5.41, 5.74) is 3.92. The van der Waals surface area contributed by atoms with Crippen LogP contribution in [0.25, 0.3) is 11.1 Å². The van der Waals surface area contributed by atoms with Gasteiger partial charge in [0.15, 0.2) is 0 Å². The quantitative estimate of drug-likeness (QED) is 0.679. The summed E-state index contributed by atoms with van der Waals surface area (Å²) in [6.45, 7) is 4.35. The third kappa shape index (κ3) is 4.82. The van der Waals surface area contributed by atoms with Crippen LogP contribution in [0, 0.1) is 0 Å². The number of hydrogen-bond donors (Lipinski definition) is 0. The van der Waals surface area contributed by atoms with E-state index in [1.807, 2.05) is 66.3 Å². The molecule has 0 radical (unpaired) electrons. The molecule has 2 aliphatic heterocycles. The molecule has 0 N–H and O–H groups in total. The second-order valence-electron chi connectivity index (χ2n) is 8.41. The van der Waals surface area contributed by atoms with Gasteiger partial charge in [-0.1, -0.05) is 23.7 Å². The van der Waals surface area contributed by atoms with Crippen molar-refractivity contribution < 1.29 is 4.79 Å². The highest BCUT2D eigenvalue weighted by molar-refractivity contribution is 6.30. The summed E-state index contributed by atoms with van der Waals surface area (Å²) in [5, 5.41) is 7.17. The lowest BCUT2D eigenvalue weighted by molar-refractivity contribution is -0.132. The number of hydrazone groups is 1. The molecule has 0 aliphatic carbocycles. The second-order valence-corrected chi connectivity index (χ2v) is 8.84. The van der Waals surface area contributed by atoms with Gasteiger partial charge < -0.3 is 9.80 Å². The molecule has 1 unspecified atom stereocenters. The minimum atomic E-state index is -0.0630. The highest BCUT2D eigenvalue weighted by atomic mass is 35.5. The van der Waals surface area contributed by atoms with Crippen molar-refractivity contribution in [1.82, 2.24) is 19.9 Å². The SMILES string of the molecule is CC1=NN(CCC(=O)N2CCCC2c2nc(N(C)C)ncc2-c2cccc(Cl)c2)CC1. The standard InChI is InChI=1S/C23H29ClN6O/c1-16-9-12-29(27-16)13-10-21(31)30-11-5-8-20(30)22-19(15-25-23(26-22)28(2)3)17-6-4-7-18(24)14-17/h4,6-7,14-15,20H,5,8-13H2,1-3H3. The van der Waals surface area contributed by atoms with Gasteiger partial charge >= 0.3 is 0 Å². The fourth-order valence-corrected chi connectivity index (χ4v) is 4.44. The first-order chi connectivity index (χ1) is 14.9. The maximum atomic E-state index is 13.2. The summed E-state index contributed by atoms with van der Waals surface area (Å²) in [5.74, 6) is 0.797. The van der Waals surface area contributed by atoms with E-state index in [2.05, 4.69) is 10.1 Å². The summed E-state index contributed by atoms with van der Waals surface area (Å²) in [4.78, 5) is 26.5. The van der Waals surface area contributed by atoms with E-state index in [1.54, 1.807) is 0 Å². The van der Waals surface area contributed by atoms with Gasteiger partial charge in [0, 0.05) is 69.1 Å². The van der Waals surface area contributed by atoms with E-state index in [0.29, 0.717) is 23.9 Å². The Balaban J connectivity index is 1.61. The number of aromatic nitrogens is 2. The van der Waals surface area contributed by atoms with Crippen LogP contribution in [0.2, 0.25) is 5.02 Å². The molecule has 1 aromatic carbocycles. The lowest BCUT2D eigenvalue weighted by Crippen LogP contribution is -2.33. The maximum absolute atomic E-state index is 13.2. The smallest absolute Gasteiger partial charge is 0.225 e. The molecule has 8 heteroatoms. The number of amides is 1. The van der Waals surface area contributed by atoms with E-state index < -0.39 is 0 Å². The minimum Gasteiger partial charge on any atom is -0.347 e. The third-order valence-corrected chi connectivity index (χ3v) is 6.09. The zero-order chi connectivity index (χ0) is 22.0. The summed E-state index contributed by atoms with van der Waals surface area (Å²) in [7, 11) is 3.85. The summed E-state index contributed by atoms with van der Waals surface area (Å²) < 4.78 is 0. The Morgan fingerprint density at radius 2 is 2.13 bits per heavy atom. The molecule has 1 aromatic heterocycles. The number of rotatable bonds is 6. The van der Waals surface area contributed by atoms with Crippen molar-refractivity contribution >= 4 is 29.2 Å². The monoisotopic (exact) mass is 440 g/mol. The van der Waals surface area contributed by atoms with Gasteiger partial charge in [-0.15, -0.1) is 0 Å². The number of hydrogen-bond acceptors (Lipinski definition) is 6. The van der Waals surface area contributed by atoms with Crippen LogP contribution in [0.4, 0.5) is 5.95 Å². The Morgan fingerprint density at radius 1 is 1.29 bits per heavy atom. The first-order valence-electron chi connectivity index (χ1n) is 10.8. The normalized spacial score (nSPS) is 18.5. The Kier molecular flexibility index (Phi) is 6.41. The molecular weight excluding hydrogens is 412 g/mol. The molecule has 2 aliphatic rings. The molecule has 1 fully saturated rings. The topological polar surface area (TPSA) is 64.9 Å². The van der Waals surface area contributed by atoms with Crippen molar-refractivity contribution in [3.8, 4) is 11.1 Å². The second kappa shape index (κ2) is 9.22. The maximum Gasteiger partial charge on any atom is 0.225 e. The van der Waals surface area contributed by atoms with E-state index >= 15 is 0 Å². The molecule has 7 nitrogen and oxygen atoms in total. The summed E-state index contributed by atoms with van der Waals surface area (Å²) in [6, 6.07) is 7.66. The van der Waals surface area contributed by atoms with Gasteiger partial charge in [0.05, 0.1) is 11.7 Å². The number of nitrogens with zero attached hydrogens (tertiary/aromatic N) is 6. The fraction of sp³-hybridized carbons (Fsp3) is 0.478. The van der Waals surface area contributed by atoms with E-state index in [9.17, 15) is 4.79 Å². The predicted molar refractivity (Wildman–Crippen MR) is 124 cm³/mol. The molecule has 1 saturated heterocycles. The van der Waals surface area contributed by atoms with Crippen LogP contribution < -0.4 is 4.90 Å². The molecule has 2 aromatic rings. The number of carbonyl (C=O) groups is 1. The van der Waals surface area contributed by atoms with Crippen molar-refractivity contribution in [2.45, 2.75) is 38.6 Å². The van der Waals surface area contributed by atoms with Crippen LogP contribution in [-0.4, -0.2) is 65.2 Å². The van der Waals surface area contributed by atoms with Gasteiger partial charge in [0.2, 0.25) is 11.9 Å². The van der Waals surface area contributed by atoms with E-state index in [-0.39, 0.29) is 11.9 Å². The predicted octanol–water partition coefficient (Wildman–Crippen LogP) is 4.00. The Hall–Kier alpha value is -2.67. The lowest BCUT2D eigenvalue weighted by atomic mass is 9.99. The third-order valence-electron chi connectivity index (χ3n) is 5.86. The molecule has 0 bridgehead atoms. The number of halogens is 1. The van der Waals surface area contributed by atoms with Crippen LogP contribution >= 0.6 is 11.6 Å². The van der Waals surface area contributed by atoms with Gasteiger partial charge in [-0.25, -0.2) is 9.97 Å². The highest BCUT2D eigenvalue weighted by Crippen LogP contribution is 2.38. The number of likely N-dealkylation sites (tertiary alicyclic amines) is 1. The van der Waals surface area contributed by atoms with Crippen LogP contribution in [-0.2, 0) is 4.79 Å². The minimum absolute atomic E-state index is 0.0630. The Morgan fingerprint density at radius 3 is 2.84 bits per heavy atom. The number of carbonyl (C=O) groups excluding carboxylic acids is 1. The first-order valence-corrected chi connectivity index (χ1v) is 11.2. The summed E-state index contributed by atoms with van der Waals surface area (Å²) >= 11 is 6.25. The molecule has 0 spiro atoms. The molecule has 1 amide bonds. The lowest BCUT2D eigenvalue weighted by Gasteiger charge is -2.27. The van der Waals surface area contributed by atoms with E-state index in [1.165, 1.54) is 0 Å². The van der Waals surface area contributed by atoms with Crippen LogP contribution in [0.5, 0.6) is 0 Å². The van der Waals surface area contributed by atoms with Gasteiger partial charge in [0.1, 0.15) is 0 Å². The largest absolute Gasteiger partial charge is 0.347 e. The average Bonchev–Trinajstić information content (AvgIpc) is 3.40. The molecule has 4 rings (SSSR count). The van der Waals surface area contributed by atoms with Crippen LogP contribution in [0.3, 0.4) is 0 Å². The van der Waals surface area contributed by atoms with Gasteiger partial charge in [-0.3, -0.25) is 9.80 Å². The van der Waals surface area contributed by atoms with Crippen LogP contribution in [0.15, 0.2) is 35.6 Å². The zero-order valence-corrected chi connectivity index (χ0v) is 19.1. The highest BCUT2D eigenvalue weighted by Gasteiger charge is 2.33. The molecule has 3 heterocycles. The zero-order valence-electron chi connectivity index (χ0n) is 18.4. The fourth-order valence-electron chi connectivity index (χ4n) is 4.25.